The van der Waals surface area contributed by atoms with Gasteiger partial charge in [0.05, 0.1) is 4.90 Å². The Morgan fingerprint density at radius 1 is 0.906 bits per heavy atom. The second kappa shape index (κ2) is 9.71. The van der Waals surface area contributed by atoms with E-state index in [1.807, 2.05) is 4.72 Å². The fourth-order valence-electron chi connectivity index (χ4n) is 2.57. The van der Waals surface area contributed by atoms with Crippen LogP contribution in [0.4, 0.5) is 19.3 Å². The van der Waals surface area contributed by atoms with Crippen LogP contribution in [-0.4, -0.2) is 20.2 Å². The minimum absolute atomic E-state index is 0.0524. The number of allylic oxidation sites excluding steroid dienone is 1. The summed E-state index contributed by atoms with van der Waals surface area (Å²) < 4.78 is 52.8. The number of carbonyl (C=O) groups excluding carboxylic acids is 2. The molecule has 0 spiro atoms. The molecular formula is C22H15ClF2N2O4S. The van der Waals surface area contributed by atoms with Gasteiger partial charge in [-0.1, -0.05) is 11.6 Å². The third-order valence-electron chi connectivity index (χ3n) is 4.16. The predicted molar refractivity (Wildman–Crippen MR) is 117 cm³/mol. The zero-order chi connectivity index (χ0) is 23.3. The number of nitrogens with one attached hydrogen (secondary N) is 2. The summed E-state index contributed by atoms with van der Waals surface area (Å²) in [4.78, 5) is 24.1. The van der Waals surface area contributed by atoms with Crippen LogP contribution in [0.5, 0.6) is 0 Å². The standard InChI is InChI=1S/C22H15ClF2N2O4S/c23-16-5-10-19(11-6-16)32(30,31)27-22(29)26-18-8-2-15(3-9-18)21(28)12-4-14-1-7-17(24)13-20(14)25/h1-13H,(H2,26,27,29)/b12-4+. The van der Waals surface area contributed by atoms with E-state index in [0.29, 0.717) is 11.1 Å². The molecular weight excluding hydrogens is 462 g/mol. The Balaban J connectivity index is 1.62. The van der Waals surface area contributed by atoms with Gasteiger partial charge in [-0.25, -0.2) is 26.7 Å². The number of ketones is 1. The van der Waals surface area contributed by atoms with E-state index in [1.165, 1.54) is 60.7 Å². The van der Waals surface area contributed by atoms with E-state index in [9.17, 15) is 26.8 Å². The topological polar surface area (TPSA) is 92.3 Å². The molecule has 0 saturated carbocycles. The smallest absolute Gasteiger partial charge is 0.307 e. The van der Waals surface area contributed by atoms with Gasteiger partial charge in [0.2, 0.25) is 0 Å². The molecule has 0 heterocycles. The number of hydrogen-bond acceptors (Lipinski definition) is 4. The molecule has 0 aliphatic carbocycles. The number of sulfonamides is 1. The van der Waals surface area contributed by atoms with E-state index in [-0.39, 0.29) is 21.7 Å². The van der Waals surface area contributed by atoms with Crippen LogP contribution in [0.2, 0.25) is 5.02 Å². The van der Waals surface area contributed by atoms with Gasteiger partial charge in [-0.05, 0) is 72.8 Å². The third-order valence-corrected chi connectivity index (χ3v) is 5.75. The molecule has 0 aliphatic rings. The van der Waals surface area contributed by atoms with Crippen LogP contribution in [0.3, 0.4) is 0 Å². The maximum Gasteiger partial charge on any atom is 0.333 e. The van der Waals surface area contributed by atoms with E-state index in [1.54, 1.807) is 0 Å². The number of anilines is 1. The molecule has 10 heteroatoms. The lowest BCUT2D eigenvalue weighted by Crippen LogP contribution is -2.34. The van der Waals surface area contributed by atoms with Crippen LogP contribution in [0.25, 0.3) is 6.08 Å². The van der Waals surface area contributed by atoms with Crippen molar-refractivity contribution >= 4 is 45.2 Å². The Morgan fingerprint density at radius 2 is 1.56 bits per heavy atom. The largest absolute Gasteiger partial charge is 0.333 e. The predicted octanol–water partition coefficient (Wildman–Crippen LogP) is 5.02. The van der Waals surface area contributed by atoms with E-state index < -0.39 is 33.5 Å². The van der Waals surface area contributed by atoms with Crippen molar-refractivity contribution in [1.29, 1.82) is 0 Å². The summed E-state index contributed by atoms with van der Waals surface area (Å²) in [5, 5.41) is 2.69. The van der Waals surface area contributed by atoms with Crippen molar-refractivity contribution in [2.24, 2.45) is 0 Å². The van der Waals surface area contributed by atoms with Gasteiger partial charge in [0.25, 0.3) is 10.0 Å². The van der Waals surface area contributed by atoms with E-state index >= 15 is 0 Å². The minimum Gasteiger partial charge on any atom is -0.307 e. The third kappa shape index (κ3) is 5.99. The zero-order valence-corrected chi connectivity index (χ0v) is 17.8. The first-order chi connectivity index (χ1) is 15.1. The highest BCUT2D eigenvalue weighted by atomic mass is 35.5. The Hall–Kier alpha value is -3.56. The van der Waals surface area contributed by atoms with E-state index in [4.69, 9.17) is 11.6 Å². The van der Waals surface area contributed by atoms with Crippen molar-refractivity contribution in [3.8, 4) is 0 Å². The number of carbonyl (C=O) groups is 2. The Morgan fingerprint density at radius 3 is 2.19 bits per heavy atom. The van der Waals surface area contributed by atoms with Crippen molar-refractivity contribution in [3.05, 3.63) is 101 Å². The SMILES string of the molecule is O=C(Nc1ccc(C(=O)/C=C/c2ccc(F)cc2F)cc1)NS(=O)(=O)c1ccc(Cl)cc1. The molecule has 0 bridgehead atoms. The fourth-order valence-corrected chi connectivity index (χ4v) is 3.60. The number of hydrogen-bond donors (Lipinski definition) is 2. The molecule has 0 saturated heterocycles. The maximum absolute atomic E-state index is 13.6. The van der Waals surface area contributed by atoms with Gasteiger partial charge in [-0.2, -0.15) is 0 Å². The molecule has 164 valence electrons. The summed E-state index contributed by atoms with van der Waals surface area (Å²) in [6.07, 6.45) is 2.35. The Kier molecular flexibility index (Phi) is 7.01. The van der Waals surface area contributed by atoms with Crippen LogP contribution < -0.4 is 10.0 Å². The molecule has 0 aromatic heterocycles. The highest BCUT2D eigenvalue weighted by Gasteiger charge is 2.17. The fraction of sp³-hybridized carbons (Fsp3) is 0. The molecule has 0 atom stereocenters. The number of amides is 2. The highest BCUT2D eigenvalue weighted by Crippen LogP contribution is 2.16. The molecule has 0 unspecified atom stereocenters. The van der Waals surface area contributed by atoms with Crippen LogP contribution in [0.15, 0.2) is 77.7 Å². The number of rotatable bonds is 6. The van der Waals surface area contributed by atoms with Gasteiger partial charge in [-0.15, -0.1) is 0 Å². The summed E-state index contributed by atoms with van der Waals surface area (Å²) in [7, 11) is -4.10. The minimum atomic E-state index is -4.10. The summed E-state index contributed by atoms with van der Waals surface area (Å²) >= 11 is 5.72. The van der Waals surface area contributed by atoms with Crippen LogP contribution in [0.1, 0.15) is 15.9 Å². The second-order valence-corrected chi connectivity index (χ2v) is 8.57. The first-order valence-electron chi connectivity index (χ1n) is 9.01. The summed E-state index contributed by atoms with van der Waals surface area (Å²) in [6.45, 7) is 0. The van der Waals surface area contributed by atoms with Crippen LogP contribution in [-0.2, 0) is 10.0 Å². The van der Waals surface area contributed by atoms with Crippen molar-refractivity contribution in [2.45, 2.75) is 4.90 Å². The molecule has 6 nitrogen and oxygen atoms in total. The second-order valence-electron chi connectivity index (χ2n) is 6.45. The lowest BCUT2D eigenvalue weighted by Gasteiger charge is -2.09. The average Bonchev–Trinajstić information content (AvgIpc) is 2.73. The first kappa shape index (κ1) is 23.1. The number of halogens is 3. The molecule has 32 heavy (non-hydrogen) atoms. The summed E-state index contributed by atoms with van der Waals surface area (Å²) in [6, 6.07) is 12.9. The highest BCUT2D eigenvalue weighted by molar-refractivity contribution is 7.90. The number of benzene rings is 3. The van der Waals surface area contributed by atoms with Gasteiger partial charge in [0.1, 0.15) is 11.6 Å². The number of urea groups is 1. The first-order valence-corrected chi connectivity index (χ1v) is 10.9. The van der Waals surface area contributed by atoms with Gasteiger partial charge in [0.15, 0.2) is 5.78 Å². The Bertz CT molecular complexity index is 1290. The van der Waals surface area contributed by atoms with Crippen molar-refractivity contribution in [1.82, 2.24) is 4.72 Å². The maximum atomic E-state index is 13.6. The van der Waals surface area contributed by atoms with Gasteiger partial charge in [-0.3, -0.25) is 4.79 Å². The normalized spacial score (nSPS) is 11.3. The van der Waals surface area contributed by atoms with Crippen molar-refractivity contribution in [2.75, 3.05) is 5.32 Å². The summed E-state index contributed by atoms with van der Waals surface area (Å²) in [5.41, 5.74) is 0.527. The molecule has 3 rings (SSSR count). The lowest BCUT2D eigenvalue weighted by molar-refractivity contribution is 0.104. The van der Waals surface area contributed by atoms with Crippen LogP contribution >= 0.6 is 11.6 Å². The lowest BCUT2D eigenvalue weighted by atomic mass is 10.1. The van der Waals surface area contributed by atoms with E-state index in [2.05, 4.69) is 5.32 Å². The quantitative estimate of drug-likeness (QED) is 0.386. The molecule has 2 amide bonds. The Labute approximate surface area is 187 Å². The molecule has 2 N–H and O–H groups in total. The molecule has 0 fully saturated rings. The van der Waals surface area contributed by atoms with Crippen molar-refractivity contribution < 1.29 is 26.8 Å². The molecule has 0 radical (unpaired) electrons. The van der Waals surface area contributed by atoms with Gasteiger partial charge in [0, 0.05) is 27.9 Å². The van der Waals surface area contributed by atoms with Gasteiger partial charge < -0.3 is 5.32 Å². The van der Waals surface area contributed by atoms with E-state index in [0.717, 1.165) is 12.1 Å². The summed E-state index contributed by atoms with van der Waals surface area (Å²) in [5.74, 6) is -1.97. The van der Waals surface area contributed by atoms with Crippen molar-refractivity contribution in [3.63, 3.8) is 0 Å². The zero-order valence-electron chi connectivity index (χ0n) is 16.2. The molecule has 3 aromatic carbocycles. The van der Waals surface area contributed by atoms with Crippen LogP contribution in [0, 0.1) is 11.6 Å². The van der Waals surface area contributed by atoms with Gasteiger partial charge >= 0.3 is 6.03 Å². The molecule has 3 aromatic rings. The molecule has 0 aliphatic heterocycles. The monoisotopic (exact) mass is 476 g/mol. The average molecular weight is 477 g/mol.